The first kappa shape index (κ1) is 36.7. The van der Waals surface area contributed by atoms with Gasteiger partial charge in [-0.25, -0.2) is 0 Å². The first-order valence-electron chi connectivity index (χ1n) is 16.2. The Bertz CT molecular complexity index is 1230. The number of hydrogen-bond acceptors (Lipinski definition) is 5. The number of nitrogens with zero attached hydrogens (tertiary/aromatic N) is 3. The van der Waals surface area contributed by atoms with Crippen molar-refractivity contribution in [2.75, 3.05) is 39.3 Å². The van der Waals surface area contributed by atoms with E-state index in [1.807, 2.05) is 4.81 Å². The lowest BCUT2D eigenvalue weighted by Crippen LogP contribution is -2.56. The van der Waals surface area contributed by atoms with Gasteiger partial charge in [0.25, 0.3) is 0 Å². The number of alkyl halides is 6. The molecule has 256 valence electrons. The van der Waals surface area contributed by atoms with Crippen molar-refractivity contribution < 1.29 is 31.4 Å². The fourth-order valence-electron chi connectivity index (χ4n) is 7.05. The van der Waals surface area contributed by atoms with Gasteiger partial charge in [-0.2, -0.15) is 26.3 Å². The zero-order valence-corrected chi connectivity index (χ0v) is 26.3. The molecule has 4 atom stereocenters. The molecule has 5 nitrogen and oxygen atoms in total. The fourth-order valence-corrected chi connectivity index (χ4v) is 7.05. The highest BCUT2D eigenvalue weighted by Gasteiger charge is 2.42. The first-order valence-corrected chi connectivity index (χ1v) is 16.2. The average molecular weight is 655 g/mol. The Morgan fingerprint density at radius 1 is 0.717 bits per heavy atom. The van der Waals surface area contributed by atoms with Crippen molar-refractivity contribution in [3.8, 4) is 0 Å². The van der Waals surface area contributed by atoms with Gasteiger partial charge in [-0.05, 0) is 93.6 Å². The Labute approximate surface area is 270 Å². The maximum atomic E-state index is 12.8. The van der Waals surface area contributed by atoms with Gasteiger partial charge in [-0.3, -0.25) is 9.80 Å². The number of piperazine rings is 2. The summed E-state index contributed by atoms with van der Waals surface area (Å²) in [5, 5.41) is 13.1. The summed E-state index contributed by atoms with van der Waals surface area (Å²) in [6.45, 7) is 11.3. The molecule has 2 saturated carbocycles. The lowest BCUT2D eigenvalue weighted by molar-refractivity contribution is -0.138. The van der Waals surface area contributed by atoms with Crippen LogP contribution >= 0.6 is 0 Å². The van der Waals surface area contributed by atoms with E-state index < -0.39 is 30.5 Å². The molecule has 0 aromatic heterocycles. The summed E-state index contributed by atoms with van der Waals surface area (Å²) in [5.41, 5.74) is 0.851. The van der Waals surface area contributed by atoms with Crippen molar-refractivity contribution in [2.45, 2.75) is 90.3 Å². The van der Waals surface area contributed by atoms with Crippen LogP contribution in [0.25, 0.3) is 0 Å². The summed E-state index contributed by atoms with van der Waals surface area (Å²) < 4.78 is 76.4. The number of halogens is 6. The smallest absolute Gasteiger partial charge is 0.416 e. The van der Waals surface area contributed by atoms with Crippen LogP contribution in [0.2, 0.25) is 6.82 Å². The predicted octanol–water partition coefficient (Wildman–Crippen LogP) is 7.36. The van der Waals surface area contributed by atoms with Crippen LogP contribution in [-0.4, -0.2) is 78.0 Å². The van der Waals surface area contributed by atoms with Crippen molar-refractivity contribution in [3.63, 3.8) is 0 Å². The molecule has 2 saturated heterocycles. The lowest BCUT2D eigenvalue weighted by Gasteiger charge is -2.45. The van der Waals surface area contributed by atoms with Crippen molar-refractivity contribution >= 4 is 7.05 Å². The Hall–Kier alpha value is -2.12. The highest BCUT2D eigenvalue weighted by molar-refractivity contribution is 6.45. The van der Waals surface area contributed by atoms with Crippen LogP contribution in [0.15, 0.2) is 48.5 Å². The monoisotopic (exact) mass is 654 g/mol. The van der Waals surface area contributed by atoms with Crippen LogP contribution in [0.4, 0.5) is 26.3 Å². The SMILES string of the molecule is C.CB(O)N1CCN(C(c2ccc(C(F)(F)F)cc2)C2CC2)[C@@H](C)C1.C[C@H]1CNCCN1C(c1ccc(C(F)(F)F)cc1)C1CC1. The third-order valence-electron chi connectivity index (χ3n) is 9.80. The Kier molecular flexibility index (Phi) is 12.0. The van der Waals surface area contributed by atoms with Crippen LogP contribution in [-0.2, 0) is 12.4 Å². The van der Waals surface area contributed by atoms with Gasteiger partial charge in [-0.1, -0.05) is 31.7 Å². The van der Waals surface area contributed by atoms with Crippen molar-refractivity contribution in [1.82, 2.24) is 19.9 Å². The third-order valence-corrected chi connectivity index (χ3v) is 9.80. The Morgan fingerprint density at radius 2 is 1.15 bits per heavy atom. The first-order chi connectivity index (χ1) is 21.2. The van der Waals surface area contributed by atoms with Crippen LogP contribution in [0.1, 0.15) is 81.3 Å². The second-order valence-electron chi connectivity index (χ2n) is 13.3. The molecule has 6 rings (SSSR count). The van der Waals surface area contributed by atoms with E-state index in [1.54, 1.807) is 31.1 Å². The zero-order valence-electron chi connectivity index (χ0n) is 26.3. The minimum Gasteiger partial charge on any atom is -0.437 e. The van der Waals surface area contributed by atoms with E-state index in [2.05, 4.69) is 29.0 Å². The number of nitrogens with one attached hydrogen (secondary N) is 1. The van der Waals surface area contributed by atoms with Gasteiger partial charge < -0.3 is 15.2 Å². The second kappa shape index (κ2) is 15.0. The van der Waals surface area contributed by atoms with E-state index >= 15 is 0 Å². The normalized spacial score (nSPS) is 24.7. The zero-order chi connectivity index (χ0) is 32.5. The summed E-state index contributed by atoms with van der Waals surface area (Å²) in [7, 11) is -0.458. The molecule has 2 N–H and O–H groups in total. The van der Waals surface area contributed by atoms with Gasteiger partial charge in [0.2, 0.25) is 0 Å². The van der Waals surface area contributed by atoms with E-state index in [0.29, 0.717) is 17.9 Å². The molecule has 46 heavy (non-hydrogen) atoms. The Balaban J connectivity index is 0.000000206. The minimum absolute atomic E-state index is 0. The van der Waals surface area contributed by atoms with E-state index in [4.69, 9.17) is 0 Å². The van der Waals surface area contributed by atoms with E-state index in [9.17, 15) is 31.4 Å². The van der Waals surface area contributed by atoms with Crippen molar-refractivity contribution in [2.24, 2.45) is 11.8 Å². The molecule has 2 aliphatic heterocycles. The summed E-state index contributed by atoms with van der Waals surface area (Å²) in [6, 6.07) is 12.6. The molecule has 12 heteroatoms. The maximum Gasteiger partial charge on any atom is 0.416 e. The minimum atomic E-state index is -4.29. The number of rotatable bonds is 7. The molecule has 2 aromatic carbocycles. The van der Waals surface area contributed by atoms with E-state index in [0.717, 1.165) is 63.2 Å². The summed E-state index contributed by atoms with van der Waals surface area (Å²) in [4.78, 5) is 6.90. The molecule has 4 aliphatic rings. The van der Waals surface area contributed by atoms with Gasteiger partial charge in [0.1, 0.15) is 0 Å². The van der Waals surface area contributed by atoms with Crippen LogP contribution in [0, 0.1) is 11.8 Å². The predicted molar refractivity (Wildman–Crippen MR) is 171 cm³/mol. The molecule has 0 spiro atoms. The molecule has 2 aromatic rings. The molecular weight excluding hydrogens is 605 g/mol. The molecule has 0 amide bonds. The second-order valence-corrected chi connectivity index (χ2v) is 13.3. The quantitative estimate of drug-likeness (QED) is 0.241. The van der Waals surface area contributed by atoms with Crippen LogP contribution in [0.5, 0.6) is 0 Å². The molecule has 2 unspecified atom stereocenters. The largest absolute Gasteiger partial charge is 0.437 e. The summed E-state index contributed by atoms with van der Waals surface area (Å²) in [6.07, 6.45) is -3.91. The van der Waals surface area contributed by atoms with Gasteiger partial charge in [0.15, 0.2) is 0 Å². The van der Waals surface area contributed by atoms with Gasteiger partial charge in [0.05, 0.1) is 11.1 Å². The maximum absolute atomic E-state index is 12.8. The van der Waals surface area contributed by atoms with Gasteiger partial charge in [0, 0.05) is 63.4 Å². The summed E-state index contributed by atoms with van der Waals surface area (Å²) >= 11 is 0. The standard InChI is InChI=1S/C17H24BF3N2O.C16H21F3N2.CH4/c1-12-11-22(18(2)24)9-10-23(12)16(13-3-4-13)14-5-7-15(8-6-14)17(19,20)21;1-11-10-20-8-9-21(11)15(12-2-3-12)13-4-6-14(7-5-13)16(17,18)19;/h5-8,12-13,16,24H,3-4,9-11H2,1-2H3;4-7,11-12,15,20H,2-3,8-10H2,1H3;1H4/t12-,16?;11-,15?;/m00./s1. The molecule has 0 bridgehead atoms. The summed E-state index contributed by atoms with van der Waals surface area (Å²) in [5.74, 6) is 1.13. The van der Waals surface area contributed by atoms with Gasteiger partial charge >= 0.3 is 19.4 Å². The Morgan fingerprint density at radius 3 is 1.50 bits per heavy atom. The van der Waals surface area contributed by atoms with Gasteiger partial charge in [-0.15, -0.1) is 0 Å². The average Bonchev–Trinajstić information content (AvgIpc) is 3.91. The highest BCUT2D eigenvalue weighted by Crippen LogP contribution is 2.47. The molecule has 2 heterocycles. The molecule has 4 fully saturated rings. The van der Waals surface area contributed by atoms with Crippen LogP contribution < -0.4 is 5.32 Å². The van der Waals surface area contributed by atoms with E-state index in [-0.39, 0.29) is 25.6 Å². The number of benzene rings is 2. The molecular formula is C34H49BF6N4O. The topological polar surface area (TPSA) is 42.0 Å². The number of hydrogen-bond donors (Lipinski definition) is 2. The van der Waals surface area contributed by atoms with Crippen molar-refractivity contribution in [3.05, 3.63) is 70.8 Å². The molecule has 2 aliphatic carbocycles. The lowest BCUT2D eigenvalue weighted by atomic mass is 9.83. The fraction of sp³-hybridized carbons (Fsp3) is 0.647. The van der Waals surface area contributed by atoms with Crippen LogP contribution in [0.3, 0.4) is 0 Å². The molecule has 0 radical (unpaired) electrons. The van der Waals surface area contributed by atoms with Crippen molar-refractivity contribution in [1.29, 1.82) is 0 Å². The van der Waals surface area contributed by atoms with E-state index in [1.165, 1.54) is 37.1 Å². The highest BCUT2D eigenvalue weighted by atomic mass is 19.4. The third kappa shape index (κ3) is 9.06.